The molecule has 1 heterocycles. The molecule has 0 amide bonds. The van der Waals surface area contributed by atoms with Gasteiger partial charge in [0.1, 0.15) is 5.75 Å². The van der Waals surface area contributed by atoms with Crippen LogP contribution in [0.3, 0.4) is 0 Å². The summed E-state index contributed by atoms with van der Waals surface area (Å²) in [6.45, 7) is 2.54. The molecule has 1 aliphatic rings. The average Bonchev–Trinajstić information content (AvgIpc) is 2.68. The summed E-state index contributed by atoms with van der Waals surface area (Å²) >= 11 is 0. The summed E-state index contributed by atoms with van der Waals surface area (Å²) in [5.41, 5.74) is 2.27. The number of rotatable bonds is 6. The Labute approximate surface area is 153 Å². The normalized spacial score (nSPS) is 17.0. The molecule has 0 radical (unpaired) electrons. The van der Waals surface area contributed by atoms with E-state index < -0.39 is 12.1 Å². The number of methoxy groups -OCH3 is 1. The van der Waals surface area contributed by atoms with Crippen molar-refractivity contribution in [2.75, 3.05) is 20.2 Å². The molecular weight excluding hydrogens is 330 g/mol. The largest absolute Gasteiger partial charge is 0.497 e. The third-order valence-electron chi connectivity index (χ3n) is 5.12. The summed E-state index contributed by atoms with van der Waals surface area (Å²) in [4.78, 5) is 13.4. The van der Waals surface area contributed by atoms with E-state index in [4.69, 9.17) is 9.84 Å². The van der Waals surface area contributed by atoms with E-state index in [1.165, 1.54) is 0 Å². The zero-order valence-electron chi connectivity index (χ0n) is 15.0. The number of ether oxygens (including phenoxy) is 1. The second-order valence-electron chi connectivity index (χ2n) is 6.84. The first-order valence-electron chi connectivity index (χ1n) is 8.93. The molecule has 138 valence electrons. The fourth-order valence-corrected chi connectivity index (χ4v) is 3.56. The van der Waals surface area contributed by atoms with Gasteiger partial charge in [-0.1, -0.05) is 24.3 Å². The molecule has 1 aliphatic heterocycles. The lowest BCUT2D eigenvalue weighted by Gasteiger charge is -2.34. The van der Waals surface area contributed by atoms with E-state index in [0.29, 0.717) is 5.56 Å². The molecule has 5 nitrogen and oxygen atoms in total. The van der Waals surface area contributed by atoms with Crippen LogP contribution in [0.5, 0.6) is 5.75 Å². The lowest BCUT2D eigenvalue weighted by molar-refractivity contribution is 0.0566. The van der Waals surface area contributed by atoms with Gasteiger partial charge in [-0.05, 0) is 67.2 Å². The van der Waals surface area contributed by atoms with Crippen LogP contribution in [0, 0.1) is 5.92 Å². The molecule has 5 heteroatoms. The quantitative estimate of drug-likeness (QED) is 0.832. The molecule has 1 fully saturated rings. The molecule has 2 aromatic carbocycles. The van der Waals surface area contributed by atoms with Gasteiger partial charge >= 0.3 is 5.97 Å². The van der Waals surface area contributed by atoms with E-state index in [0.717, 1.165) is 49.4 Å². The molecule has 3 rings (SSSR count). The standard InChI is InChI=1S/C21H25NO4/c1-26-19-7-5-16(6-8-19)20(23)17-9-11-22(12-10-17)14-15-3-2-4-18(13-15)21(24)25/h2-8,13,17,20,23H,9-12,14H2,1H3,(H,24,25). The first kappa shape index (κ1) is 18.4. The van der Waals surface area contributed by atoms with Crippen LogP contribution in [0.1, 0.15) is 40.4 Å². The van der Waals surface area contributed by atoms with Crippen LogP contribution in [0.4, 0.5) is 0 Å². The highest BCUT2D eigenvalue weighted by Gasteiger charge is 2.26. The Kier molecular flexibility index (Phi) is 5.91. The van der Waals surface area contributed by atoms with Gasteiger partial charge in [-0.15, -0.1) is 0 Å². The number of piperidine rings is 1. The summed E-state index contributed by atoms with van der Waals surface area (Å²) in [6, 6.07) is 14.7. The highest BCUT2D eigenvalue weighted by Crippen LogP contribution is 2.32. The maximum absolute atomic E-state index is 11.1. The highest BCUT2D eigenvalue weighted by molar-refractivity contribution is 5.87. The summed E-state index contributed by atoms with van der Waals surface area (Å²) in [7, 11) is 1.63. The van der Waals surface area contributed by atoms with E-state index in [9.17, 15) is 9.90 Å². The average molecular weight is 355 g/mol. The molecule has 1 unspecified atom stereocenters. The fourth-order valence-electron chi connectivity index (χ4n) is 3.56. The third-order valence-corrected chi connectivity index (χ3v) is 5.12. The van der Waals surface area contributed by atoms with E-state index in [-0.39, 0.29) is 5.92 Å². The lowest BCUT2D eigenvalue weighted by Crippen LogP contribution is -2.35. The molecule has 2 N–H and O–H groups in total. The van der Waals surface area contributed by atoms with Crippen LogP contribution in [-0.2, 0) is 6.54 Å². The molecule has 0 saturated carbocycles. The highest BCUT2D eigenvalue weighted by atomic mass is 16.5. The predicted octanol–water partition coefficient (Wildman–Crippen LogP) is 3.34. The van der Waals surface area contributed by atoms with E-state index in [1.807, 2.05) is 30.3 Å². The van der Waals surface area contributed by atoms with Crippen LogP contribution in [0.25, 0.3) is 0 Å². The maximum atomic E-state index is 11.1. The number of nitrogens with zero attached hydrogens (tertiary/aromatic N) is 1. The minimum Gasteiger partial charge on any atom is -0.497 e. The molecule has 26 heavy (non-hydrogen) atoms. The zero-order valence-corrected chi connectivity index (χ0v) is 15.0. The molecule has 0 aliphatic carbocycles. The van der Waals surface area contributed by atoms with Crippen LogP contribution >= 0.6 is 0 Å². The Bertz CT molecular complexity index is 736. The molecule has 1 saturated heterocycles. The van der Waals surface area contributed by atoms with Crippen molar-refractivity contribution in [3.63, 3.8) is 0 Å². The van der Waals surface area contributed by atoms with Crippen molar-refractivity contribution < 1.29 is 19.7 Å². The molecule has 0 aromatic heterocycles. The Morgan fingerprint density at radius 2 is 1.88 bits per heavy atom. The van der Waals surface area contributed by atoms with Crippen LogP contribution in [0.15, 0.2) is 48.5 Å². The minimum absolute atomic E-state index is 0.241. The topological polar surface area (TPSA) is 70.0 Å². The van der Waals surface area contributed by atoms with Gasteiger partial charge in [0, 0.05) is 6.54 Å². The second-order valence-corrected chi connectivity index (χ2v) is 6.84. The van der Waals surface area contributed by atoms with Gasteiger partial charge in [0.05, 0.1) is 18.8 Å². The first-order valence-corrected chi connectivity index (χ1v) is 8.93. The predicted molar refractivity (Wildman–Crippen MR) is 99.4 cm³/mol. The molecule has 2 aromatic rings. The van der Waals surface area contributed by atoms with E-state index in [2.05, 4.69) is 4.90 Å². The van der Waals surface area contributed by atoms with Crippen molar-refractivity contribution in [3.8, 4) is 5.75 Å². The van der Waals surface area contributed by atoms with Crippen molar-refractivity contribution in [2.24, 2.45) is 5.92 Å². The van der Waals surface area contributed by atoms with Crippen molar-refractivity contribution >= 4 is 5.97 Å². The number of carboxylic acids is 1. The van der Waals surface area contributed by atoms with Crippen molar-refractivity contribution in [2.45, 2.75) is 25.5 Å². The number of hydrogen-bond donors (Lipinski definition) is 2. The number of aromatic carboxylic acids is 1. The van der Waals surface area contributed by atoms with Crippen molar-refractivity contribution in [1.82, 2.24) is 4.90 Å². The number of carboxylic acid groups (broad SMARTS) is 1. The first-order chi connectivity index (χ1) is 12.6. The van der Waals surface area contributed by atoms with Crippen LogP contribution < -0.4 is 4.74 Å². The van der Waals surface area contributed by atoms with Crippen LogP contribution in [-0.4, -0.2) is 41.3 Å². The van der Waals surface area contributed by atoms with Gasteiger partial charge in [-0.2, -0.15) is 0 Å². The fraction of sp³-hybridized carbons (Fsp3) is 0.381. The summed E-state index contributed by atoms with van der Waals surface area (Å²) in [5, 5.41) is 19.8. The smallest absolute Gasteiger partial charge is 0.335 e. The number of aliphatic hydroxyl groups is 1. The second kappa shape index (κ2) is 8.34. The number of likely N-dealkylation sites (tertiary alicyclic amines) is 1. The Hall–Kier alpha value is -2.37. The summed E-state index contributed by atoms with van der Waals surface area (Å²) in [6.07, 6.45) is 1.39. The number of benzene rings is 2. The summed E-state index contributed by atoms with van der Waals surface area (Å²) < 4.78 is 5.16. The Balaban J connectivity index is 1.55. The van der Waals surface area contributed by atoms with Gasteiger partial charge < -0.3 is 14.9 Å². The molecule has 0 spiro atoms. The zero-order chi connectivity index (χ0) is 18.5. The minimum atomic E-state index is -0.895. The molecular formula is C21H25NO4. The number of carbonyl (C=O) groups is 1. The molecule has 0 bridgehead atoms. The Morgan fingerprint density at radius 1 is 1.19 bits per heavy atom. The number of aliphatic hydroxyl groups excluding tert-OH is 1. The van der Waals surface area contributed by atoms with Crippen molar-refractivity contribution in [1.29, 1.82) is 0 Å². The number of hydrogen-bond acceptors (Lipinski definition) is 4. The SMILES string of the molecule is COc1ccc(C(O)C2CCN(Cc3cccc(C(=O)O)c3)CC2)cc1. The monoisotopic (exact) mass is 355 g/mol. The van der Waals surface area contributed by atoms with Gasteiger partial charge in [0.25, 0.3) is 0 Å². The van der Waals surface area contributed by atoms with E-state index in [1.54, 1.807) is 25.3 Å². The molecule has 1 atom stereocenters. The Morgan fingerprint density at radius 3 is 2.50 bits per heavy atom. The van der Waals surface area contributed by atoms with E-state index >= 15 is 0 Å². The van der Waals surface area contributed by atoms with Gasteiger partial charge in [-0.3, -0.25) is 4.90 Å². The van der Waals surface area contributed by atoms with Gasteiger partial charge in [0.2, 0.25) is 0 Å². The van der Waals surface area contributed by atoms with Crippen LogP contribution in [0.2, 0.25) is 0 Å². The maximum Gasteiger partial charge on any atom is 0.335 e. The van der Waals surface area contributed by atoms with Gasteiger partial charge in [-0.25, -0.2) is 4.79 Å². The third kappa shape index (κ3) is 4.42. The van der Waals surface area contributed by atoms with Crippen molar-refractivity contribution in [3.05, 3.63) is 65.2 Å². The van der Waals surface area contributed by atoms with Gasteiger partial charge in [0.15, 0.2) is 0 Å². The summed E-state index contributed by atoms with van der Waals surface area (Å²) in [5.74, 6) is 0.137. The lowest BCUT2D eigenvalue weighted by atomic mass is 9.87.